The molecule has 2 N–H and O–H groups in total. The van der Waals surface area contributed by atoms with Crippen LogP contribution >= 0.6 is 11.3 Å². The fourth-order valence-corrected chi connectivity index (χ4v) is 9.36. The number of imidazole rings is 1. The molecular weight excluding hydrogens is 471 g/mol. The number of hydrogen-bond donors (Lipinski definition) is 2. The fourth-order valence-electron chi connectivity index (χ4n) is 8.47. The third kappa shape index (κ3) is 3.08. The van der Waals surface area contributed by atoms with Crippen molar-refractivity contribution >= 4 is 26.7 Å². The van der Waals surface area contributed by atoms with Crippen LogP contribution in [0.4, 0.5) is 9.52 Å². The second-order valence-electron chi connectivity index (χ2n) is 11.7. The summed E-state index contributed by atoms with van der Waals surface area (Å²) in [4.78, 5) is 9.10. The first kappa shape index (κ1) is 21.3. The van der Waals surface area contributed by atoms with Gasteiger partial charge in [-0.2, -0.15) is 0 Å². The zero-order valence-electron chi connectivity index (χ0n) is 20.0. The summed E-state index contributed by atoms with van der Waals surface area (Å²) in [7, 11) is 0. The minimum absolute atomic E-state index is 0.00365. The minimum Gasteiger partial charge on any atom is -0.392 e. The minimum atomic E-state index is -0.330. The molecule has 4 aliphatic carbocycles. The molecule has 36 heavy (non-hydrogen) atoms. The first-order valence-electron chi connectivity index (χ1n) is 13.2. The van der Waals surface area contributed by atoms with E-state index >= 15 is 0 Å². The van der Waals surface area contributed by atoms with E-state index in [1.807, 2.05) is 18.6 Å². The lowest BCUT2D eigenvalue weighted by Gasteiger charge is -2.61. The van der Waals surface area contributed by atoms with Gasteiger partial charge in [-0.25, -0.2) is 14.4 Å². The monoisotopic (exact) mass is 500 g/mol. The maximum Gasteiger partial charge on any atom is 0.184 e. The van der Waals surface area contributed by atoms with E-state index in [2.05, 4.69) is 39.1 Å². The summed E-state index contributed by atoms with van der Waals surface area (Å²) in [5, 5.41) is 16.5. The SMILES string of the molecule is OC(CC1c2ccccc2-c2cncn21)C12CC3CC(C1)C(Nc1nc4cc(F)ccc4s1)C(C3)C2. The molecule has 0 amide bonds. The Bertz CT molecular complexity index is 1460. The van der Waals surface area contributed by atoms with Crippen molar-refractivity contribution in [1.29, 1.82) is 0 Å². The normalized spacial score (nSPS) is 32.6. The lowest BCUT2D eigenvalue weighted by atomic mass is 9.46. The van der Waals surface area contributed by atoms with Crippen LogP contribution in [0, 0.1) is 29.0 Å². The van der Waals surface area contributed by atoms with Crippen LogP contribution in [0.3, 0.4) is 0 Å². The van der Waals surface area contributed by atoms with Crippen LogP contribution in [0.1, 0.15) is 50.1 Å². The molecule has 4 unspecified atom stereocenters. The first-order valence-corrected chi connectivity index (χ1v) is 14.0. The van der Waals surface area contributed by atoms with Gasteiger partial charge in [0.25, 0.3) is 0 Å². The topological polar surface area (TPSA) is 63.0 Å². The number of fused-ring (bicyclic) bond motifs is 4. The van der Waals surface area contributed by atoms with Gasteiger partial charge in [0.15, 0.2) is 5.13 Å². The number of benzene rings is 2. The average Bonchev–Trinajstić information content (AvgIpc) is 3.56. The zero-order valence-corrected chi connectivity index (χ0v) is 20.8. The summed E-state index contributed by atoms with van der Waals surface area (Å²) in [5.74, 6) is 1.57. The van der Waals surface area contributed by atoms with E-state index in [-0.39, 0.29) is 23.4 Å². The molecule has 2 aromatic carbocycles. The van der Waals surface area contributed by atoms with Gasteiger partial charge in [-0.15, -0.1) is 0 Å². The third-order valence-corrected chi connectivity index (χ3v) is 10.7. The molecule has 7 heteroatoms. The van der Waals surface area contributed by atoms with Crippen molar-refractivity contribution in [1.82, 2.24) is 14.5 Å². The Morgan fingerprint density at radius 2 is 1.97 bits per heavy atom. The predicted octanol–water partition coefficient (Wildman–Crippen LogP) is 6.26. The van der Waals surface area contributed by atoms with E-state index in [0.717, 1.165) is 46.7 Å². The standard InChI is InChI=1S/C29H29FN4OS/c30-19-5-6-25-22(9-19)32-28(36-25)33-27-17-7-16-8-18(27)13-29(11-16,12-17)26(35)10-23-20-3-1-2-4-21(20)24-14-31-15-34(23)24/h1-6,9,14-18,23,26-27,35H,7-8,10-13H2,(H,32,33). The number of nitrogens with zero attached hydrogens (tertiary/aromatic N) is 3. The fraction of sp³-hybridized carbons (Fsp3) is 0.448. The molecule has 4 bridgehead atoms. The number of halogens is 1. The quantitative estimate of drug-likeness (QED) is 0.340. The van der Waals surface area contributed by atoms with E-state index in [0.29, 0.717) is 23.8 Å². The number of aromatic nitrogens is 3. The summed E-state index contributed by atoms with van der Waals surface area (Å²) in [6.45, 7) is 0. The predicted molar refractivity (Wildman–Crippen MR) is 139 cm³/mol. The van der Waals surface area contributed by atoms with Crippen molar-refractivity contribution in [2.45, 2.75) is 56.7 Å². The van der Waals surface area contributed by atoms with E-state index in [9.17, 15) is 9.50 Å². The van der Waals surface area contributed by atoms with Crippen molar-refractivity contribution < 1.29 is 9.50 Å². The number of anilines is 1. The number of aliphatic hydroxyl groups is 1. The third-order valence-electron chi connectivity index (χ3n) is 9.71. The Hall–Kier alpha value is -2.77. The molecule has 5 aliphatic rings. The van der Waals surface area contributed by atoms with Crippen LogP contribution in [0.15, 0.2) is 55.0 Å². The molecule has 9 rings (SSSR count). The lowest BCUT2D eigenvalue weighted by molar-refractivity contribution is -0.129. The smallest absolute Gasteiger partial charge is 0.184 e. The maximum atomic E-state index is 13.7. The van der Waals surface area contributed by atoms with Crippen LogP contribution in [0.25, 0.3) is 21.5 Å². The number of aliphatic hydroxyl groups excluding tert-OH is 1. The van der Waals surface area contributed by atoms with Gasteiger partial charge >= 0.3 is 0 Å². The van der Waals surface area contributed by atoms with Gasteiger partial charge in [-0.1, -0.05) is 35.6 Å². The van der Waals surface area contributed by atoms with E-state index in [1.54, 1.807) is 11.3 Å². The summed E-state index contributed by atoms with van der Waals surface area (Å²) < 4.78 is 16.9. The van der Waals surface area contributed by atoms with Crippen molar-refractivity contribution in [2.24, 2.45) is 23.2 Å². The van der Waals surface area contributed by atoms with Gasteiger partial charge < -0.3 is 15.0 Å². The molecule has 2 aromatic heterocycles. The molecular formula is C29H29FN4OS. The van der Waals surface area contributed by atoms with Gasteiger partial charge in [0.2, 0.25) is 0 Å². The highest BCUT2D eigenvalue weighted by Gasteiger charge is 2.58. The zero-order chi connectivity index (χ0) is 24.0. The van der Waals surface area contributed by atoms with Crippen molar-refractivity contribution in [3.05, 3.63) is 66.4 Å². The highest BCUT2D eigenvalue weighted by Crippen LogP contribution is 2.63. The second kappa shape index (κ2) is 7.62. The van der Waals surface area contributed by atoms with Gasteiger partial charge in [-0.3, -0.25) is 0 Å². The van der Waals surface area contributed by atoms with Gasteiger partial charge in [-0.05, 0) is 79.4 Å². The molecule has 184 valence electrons. The summed E-state index contributed by atoms with van der Waals surface area (Å²) in [6.07, 6.45) is 10.1. The largest absolute Gasteiger partial charge is 0.392 e. The van der Waals surface area contributed by atoms with Gasteiger partial charge in [0, 0.05) is 17.7 Å². The molecule has 4 aromatic rings. The molecule has 0 radical (unpaired) electrons. The lowest BCUT2D eigenvalue weighted by Crippen LogP contribution is -2.59. The summed E-state index contributed by atoms with van der Waals surface area (Å²) in [6, 6.07) is 14.0. The Balaban J connectivity index is 1.05. The molecule has 0 spiro atoms. The average molecular weight is 501 g/mol. The van der Waals surface area contributed by atoms with Crippen molar-refractivity contribution in [3.8, 4) is 11.3 Å². The highest BCUT2D eigenvalue weighted by molar-refractivity contribution is 7.22. The molecule has 4 saturated carbocycles. The van der Waals surface area contributed by atoms with Crippen LogP contribution in [-0.2, 0) is 0 Å². The Labute approximate surface area is 213 Å². The van der Waals surface area contributed by atoms with Crippen molar-refractivity contribution in [3.63, 3.8) is 0 Å². The number of thiazole rings is 1. The highest BCUT2D eigenvalue weighted by atomic mass is 32.1. The van der Waals surface area contributed by atoms with Gasteiger partial charge in [0.05, 0.1) is 40.6 Å². The van der Waals surface area contributed by atoms with Gasteiger partial charge in [0.1, 0.15) is 5.82 Å². The summed E-state index contributed by atoms with van der Waals surface area (Å²) >= 11 is 1.62. The van der Waals surface area contributed by atoms with Crippen molar-refractivity contribution in [2.75, 3.05) is 5.32 Å². The first-order chi connectivity index (χ1) is 17.6. The van der Waals surface area contributed by atoms with Crippen LogP contribution in [0.2, 0.25) is 0 Å². The molecule has 3 heterocycles. The number of nitrogens with one attached hydrogen (secondary N) is 1. The second-order valence-corrected chi connectivity index (χ2v) is 12.7. The molecule has 4 atom stereocenters. The van der Waals surface area contributed by atoms with Crippen LogP contribution < -0.4 is 5.32 Å². The molecule has 1 aliphatic heterocycles. The Kier molecular flexibility index (Phi) is 4.51. The van der Waals surface area contributed by atoms with E-state index in [4.69, 9.17) is 4.98 Å². The van der Waals surface area contributed by atoms with E-state index in [1.165, 1.54) is 36.1 Å². The molecule has 0 saturated heterocycles. The number of rotatable bonds is 5. The Morgan fingerprint density at radius 3 is 2.83 bits per heavy atom. The Morgan fingerprint density at radius 1 is 1.14 bits per heavy atom. The maximum absolute atomic E-state index is 13.7. The van der Waals surface area contributed by atoms with Crippen LogP contribution in [-0.4, -0.2) is 31.8 Å². The van der Waals surface area contributed by atoms with Crippen LogP contribution in [0.5, 0.6) is 0 Å². The molecule has 5 nitrogen and oxygen atoms in total. The van der Waals surface area contributed by atoms with E-state index < -0.39 is 0 Å². The summed E-state index contributed by atoms with van der Waals surface area (Å²) in [5.41, 5.74) is 4.45. The molecule has 4 fully saturated rings. The number of hydrogen-bond acceptors (Lipinski definition) is 5.